The van der Waals surface area contributed by atoms with E-state index in [0.29, 0.717) is 16.5 Å². The van der Waals surface area contributed by atoms with Crippen LogP contribution in [0.2, 0.25) is 5.02 Å². The van der Waals surface area contributed by atoms with Gasteiger partial charge in [0.05, 0.1) is 17.7 Å². The normalized spacial score (nSPS) is 17.4. The second-order valence-corrected chi connectivity index (χ2v) is 9.89. The monoisotopic (exact) mass is 490 g/mol. The molecule has 0 atom stereocenters. The molecule has 33 heavy (non-hydrogen) atoms. The first kappa shape index (κ1) is 23.1. The summed E-state index contributed by atoms with van der Waals surface area (Å²) in [6.07, 6.45) is 1.63. The van der Waals surface area contributed by atoms with E-state index in [1.54, 1.807) is 47.4 Å². The maximum Gasteiger partial charge on any atom is 0.271 e. The van der Waals surface area contributed by atoms with E-state index in [1.807, 2.05) is 0 Å². The number of anilines is 1. The van der Waals surface area contributed by atoms with E-state index in [-0.39, 0.29) is 55.0 Å². The van der Waals surface area contributed by atoms with Gasteiger partial charge in [0.2, 0.25) is 15.9 Å². The van der Waals surface area contributed by atoms with Gasteiger partial charge in [-0.15, -0.1) is 0 Å². The summed E-state index contributed by atoms with van der Waals surface area (Å²) in [6.45, 7) is 0.824. The zero-order valence-electron chi connectivity index (χ0n) is 17.9. The van der Waals surface area contributed by atoms with Gasteiger partial charge < -0.3 is 9.64 Å². The summed E-state index contributed by atoms with van der Waals surface area (Å²) in [6, 6.07) is 12.9. The first-order chi connectivity index (χ1) is 15.8. The van der Waals surface area contributed by atoms with E-state index in [4.69, 9.17) is 16.3 Å². The summed E-state index contributed by atoms with van der Waals surface area (Å²) in [7, 11) is -2.16. The molecule has 9 nitrogen and oxygen atoms in total. The standard InChI is InChI=1S/C22H23ClN4O5S/c1-32-18-6-8-19(9-7-18)33(30,31)26-14-12-25(13-15-26)22(29)20-10-11-21(28)27(24-20)17-4-2-16(23)3-5-17/h2-10,24H,11-15H2,1H3. The second kappa shape index (κ2) is 9.42. The van der Waals surface area contributed by atoms with Crippen LogP contribution in [0.15, 0.2) is 65.2 Å². The van der Waals surface area contributed by atoms with E-state index < -0.39 is 10.0 Å². The van der Waals surface area contributed by atoms with Crippen LogP contribution in [0.4, 0.5) is 5.69 Å². The van der Waals surface area contributed by atoms with E-state index in [2.05, 4.69) is 5.43 Å². The molecule has 174 valence electrons. The van der Waals surface area contributed by atoms with Crippen molar-refractivity contribution in [2.75, 3.05) is 38.3 Å². The minimum absolute atomic E-state index is 0.0719. The average Bonchev–Trinajstić information content (AvgIpc) is 2.84. The first-order valence-electron chi connectivity index (χ1n) is 10.3. The Kier molecular flexibility index (Phi) is 6.59. The van der Waals surface area contributed by atoms with Crippen LogP contribution in [0.3, 0.4) is 0 Å². The van der Waals surface area contributed by atoms with Gasteiger partial charge in [-0.25, -0.2) is 13.4 Å². The van der Waals surface area contributed by atoms with Gasteiger partial charge in [0.15, 0.2) is 0 Å². The Morgan fingerprint density at radius 3 is 2.24 bits per heavy atom. The molecule has 2 amide bonds. The summed E-state index contributed by atoms with van der Waals surface area (Å²) in [5.74, 6) is 0.0796. The molecule has 0 spiro atoms. The first-order valence-corrected chi connectivity index (χ1v) is 12.1. The van der Waals surface area contributed by atoms with Gasteiger partial charge in [-0.1, -0.05) is 11.6 Å². The minimum Gasteiger partial charge on any atom is -0.497 e. The van der Waals surface area contributed by atoms with Gasteiger partial charge in [0.25, 0.3) is 5.91 Å². The number of halogens is 1. The van der Waals surface area contributed by atoms with Gasteiger partial charge >= 0.3 is 0 Å². The lowest BCUT2D eigenvalue weighted by Crippen LogP contribution is -2.54. The molecule has 2 heterocycles. The number of sulfonamides is 1. The molecule has 0 bridgehead atoms. The Morgan fingerprint density at radius 1 is 1.00 bits per heavy atom. The van der Waals surface area contributed by atoms with Crippen molar-refractivity contribution < 1.29 is 22.7 Å². The Morgan fingerprint density at radius 2 is 1.64 bits per heavy atom. The number of nitrogens with one attached hydrogen (secondary N) is 1. The van der Waals surface area contributed by atoms with E-state index in [9.17, 15) is 18.0 Å². The highest BCUT2D eigenvalue weighted by Crippen LogP contribution is 2.23. The van der Waals surface area contributed by atoms with Gasteiger partial charge in [0, 0.05) is 37.6 Å². The Hall–Kier alpha value is -3.08. The number of hydrogen-bond donors (Lipinski definition) is 1. The van der Waals surface area contributed by atoms with Crippen LogP contribution in [0, 0.1) is 0 Å². The molecule has 1 fully saturated rings. The predicted molar refractivity (Wildman–Crippen MR) is 123 cm³/mol. The number of rotatable bonds is 5. The Labute approximate surface area is 197 Å². The predicted octanol–water partition coefficient (Wildman–Crippen LogP) is 2.01. The maximum absolute atomic E-state index is 13.0. The summed E-state index contributed by atoms with van der Waals surface area (Å²) >= 11 is 5.92. The lowest BCUT2D eigenvalue weighted by Gasteiger charge is -2.36. The summed E-state index contributed by atoms with van der Waals surface area (Å²) < 4.78 is 32.3. The van der Waals surface area contributed by atoms with E-state index in [1.165, 1.54) is 28.6 Å². The lowest BCUT2D eigenvalue weighted by atomic mass is 10.2. The lowest BCUT2D eigenvalue weighted by molar-refractivity contribution is -0.129. The number of methoxy groups -OCH3 is 1. The van der Waals surface area contributed by atoms with Crippen LogP contribution in [-0.4, -0.2) is 62.7 Å². The number of hydrogen-bond acceptors (Lipinski definition) is 6. The van der Waals surface area contributed by atoms with Gasteiger partial charge in [-0.3, -0.25) is 15.0 Å². The molecule has 0 unspecified atom stereocenters. The van der Waals surface area contributed by atoms with Crippen LogP contribution >= 0.6 is 11.6 Å². The maximum atomic E-state index is 13.0. The molecule has 11 heteroatoms. The number of carbonyl (C=O) groups excluding carboxylic acids is 2. The highest BCUT2D eigenvalue weighted by Gasteiger charge is 2.33. The topological polar surface area (TPSA) is 99.3 Å². The van der Waals surface area contributed by atoms with Gasteiger partial charge in [-0.2, -0.15) is 4.31 Å². The fraction of sp³-hybridized carbons (Fsp3) is 0.273. The molecule has 2 aliphatic rings. The van der Waals surface area contributed by atoms with E-state index >= 15 is 0 Å². The van der Waals surface area contributed by atoms with Crippen molar-refractivity contribution in [1.82, 2.24) is 14.6 Å². The molecule has 2 aromatic rings. The molecule has 0 aromatic heterocycles. The number of benzene rings is 2. The molecule has 1 saturated heterocycles. The fourth-order valence-electron chi connectivity index (χ4n) is 3.64. The Balaban J connectivity index is 1.40. The van der Waals surface area contributed by atoms with E-state index in [0.717, 1.165) is 0 Å². The fourth-order valence-corrected chi connectivity index (χ4v) is 5.19. The molecular weight excluding hydrogens is 468 g/mol. The van der Waals surface area contributed by atoms with Crippen LogP contribution in [0.25, 0.3) is 0 Å². The highest BCUT2D eigenvalue weighted by atomic mass is 35.5. The van der Waals surface area contributed by atoms with Crippen LogP contribution in [0.5, 0.6) is 5.75 Å². The van der Waals surface area contributed by atoms with Crippen molar-refractivity contribution in [1.29, 1.82) is 0 Å². The number of carbonyl (C=O) groups is 2. The van der Waals surface area contributed by atoms with Crippen LogP contribution < -0.4 is 15.2 Å². The van der Waals surface area contributed by atoms with Crippen molar-refractivity contribution in [3.63, 3.8) is 0 Å². The number of nitrogens with zero attached hydrogens (tertiary/aromatic N) is 3. The number of amides is 2. The quantitative estimate of drug-likeness (QED) is 0.688. The zero-order chi connectivity index (χ0) is 23.6. The molecular formula is C22H23ClN4O5S. The second-order valence-electron chi connectivity index (χ2n) is 7.51. The molecule has 2 aliphatic heterocycles. The third kappa shape index (κ3) is 4.82. The van der Waals surface area contributed by atoms with Crippen molar-refractivity contribution in [2.45, 2.75) is 11.3 Å². The molecule has 0 radical (unpaired) electrons. The van der Waals surface area contributed by atoms with Crippen molar-refractivity contribution in [3.8, 4) is 5.75 Å². The largest absolute Gasteiger partial charge is 0.497 e. The molecule has 4 rings (SSSR count). The highest BCUT2D eigenvalue weighted by molar-refractivity contribution is 7.89. The smallest absolute Gasteiger partial charge is 0.271 e. The summed E-state index contributed by atoms with van der Waals surface area (Å²) in [4.78, 5) is 27.1. The average molecular weight is 491 g/mol. The number of piperazine rings is 1. The number of hydrazine groups is 1. The minimum atomic E-state index is -3.67. The van der Waals surface area contributed by atoms with Crippen molar-refractivity contribution >= 4 is 39.1 Å². The van der Waals surface area contributed by atoms with Gasteiger partial charge in [-0.05, 0) is 54.6 Å². The van der Waals surface area contributed by atoms with Crippen LogP contribution in [-0.2, 0) is 19.6 Å². The molecule has 1 N–H and O–H groups in total. The summed E-state index contributed by atoms with van der Waals surface area (Å²) in [5.41, 5.74) is 3.72. The summed E-state index contributed by atoms with van der Waals surface area (Å²) in [5, 5.41) is 1.85. The third-order valence-electron chi connectivity index (χ3n) is 5.50. The van der Waals surface area contributed by atoms with Crippen LogP contribution in [0.1, 0.15) is 6.42 Å². The zero-order valence-corrected chi connectivity index (χ0v) is 19.5. The molecule has 0 aliphatic carbocycles. The van der Waals surface area contributed by atoms with Crippen molar-refractivity contribution in [3.05, 3.63) is 65.3 Å². The molecule has 2 aromatic carbocycles. The Bertz CT molecular complexity index is 1170. The SMILES string of the molecule is COc1ccc(S(=O)(=O)N2CCN(C(=O)C3=CCC(=O)N(c4ccc(Cl)cc4)N3)CC2)cc1. The number of ether oxygens (including phenoxy) is 1. The van der Waals surface area contributed by atoms with Crippen molar-refractivity contribution in [2.24, 2.45) is 0 Å². The third-order valence-corrected chi connectivity index (χ3v) is 7.67. The van der Waals surface area contributed by atoms with Gasteiger partial charge in [0.1, 0.15) is 11.4 Å². The molecule has 0 saturated carbocycles.